The van der Waals surface area contributed by atoms with E-state index in [9.17, 15) is 0 Å². The molecule has 9 aromatic rings. The van der Waals surface area contributed by atoms with Crippen LogP contribution in [0.3, 0.4) is 0 Å². The number of fused-ring (bicyclic) bond motifs is 6. The Morgan fingerprint density at radius 2 is 0.957 bits per heavy atom. The Kier molecular flexibility index (Phi) is 6.42. The maximum atomic E-state index is 2.46. The van der Waals surface area contributed by atoms with Gasteiger partial charge >= 0.3 is 0 Å². The molecule has 0 aliphatic carbocycles. The first-order valence-corrected chi connectivity index (χ1v) is 16.3. The molecule has 0 saturated heterocycles. The van der Waals surface area contributed by atoms with Gasteiger partial charge in [-0.05, 0) is 92.0 Å². The molecule has 9 rings (SSSR count). The van der Waals surface area contributed by atoms with Gasteiger partial charge in [-0.1, -0.05) is 146 Å². The molecular formula is C45H33N. The van der Waals surface area contributed by atoms with Gasteiger partial charge < -0.3 is 4.57 Å². The smallest absolute Gasteiger partial charge is 0.0573 e. The highest BCUT2D eigenvalue weighted by Gasteiger charge is 2.18. The summed E-state index contributed by atoms with van der Waals surface area (Å²) in [5.41, 5.74) is 9.29. The standard InChI is InChI=1S/C45H33N/c1-2-19-33(20-3-1)46-43-30-11-10-24-38(43)42-29-14-18-32(45(42)46)17-13-27-35-36-22-6-8-25-40(36)44(41-26-9-7-23-37(35)41)39-28-12-16-31-15-4-5-21-34(31)39/h1-12,14-16,18-26,28-30H,13,17,27H2. The van der Waals surface area contributed by atoms with E-state index in [0.717, 1.165) is 19.3 Å². The van der Waals surface area contributed by atoms with Gasteiger partial charge in [0, 0.05) is 16.5 Å². The SMILES string of the molecule is c1ccc(-n2c3ccccc3c3cccc(CCCc4c5ccccc5c(-c5cccc6ccccc56)c5ccccc45)c32)cc1. The van der Waals surface area contributed by atoms with Crippen LogP contribution in [0.1, 0.15) is 17.5 Å². The highest BCUT2D eigenvalue weighted by molar-refractivity contribution is 6.18. The van der Waals surface area contributed by atoms with Crippen LogP contribution in [0, 0.1) is 0 Å². The third kappa shape index (κ3) is 4.24. The molecule has 0 N–H and O–H groups in total. The van der Waals surface area contributed by atoms with E-state index in [1.165, 1.54) is 82.1 Å². The van der Waals surface area contributed by atoms with Crippen LogP contribution < -0.4 is 0 Å². The van der Waals surface area contributed by atoms with E-state index in [0.29, 0.717) is 0 Å². The Hall–Kier alpha value is -5.66. The fraction of sp³-hybridized carbons (Fsp3) is 0.0667. The number of nitrogens with zero attached hydrogens (tertiary/aromatic N) is 1. The second-order valence-corrected chi connectivity index (χ2v) is 12.3. The Morgan fingerprint density at radius 1 is 0.391 bits per heavy atom. The molecule has 218 valence electrons. The number of rotatable bonds is 6. The molecule has 0 aliphatic rings. The number of aromatic nitrogens is 1. The minimum atomic E-state index is 1.01. The zero-order chi connectivity index (χ0) is 30.5. The maximum absolute atomic E-state index is 2.46. The monoisotopic (exact) mass is 587 g/mol. The first-order chi connectivity index (χ1) is 22.9. The van der Waals surface area contributed by atoms with Crippen LogP contribution >= 0.6 is 0 Å². The van der Waals surface area contributed by atoms with Crippen molar-refractivity contribution in [1.29, 1.82) is 0 Å². The molecule has 1 heterocycles. The molecule has 0 spiro atoms. The van der Waals surface area contributed by atoms with Gasteiger partial charge in [-0.3, -0.25) is 0 Å². The molecule has 8 aromatic carbocycles. The lowest BCUT2D eigenvalue weighted by molar-refractivity contribution is 0.831. The number of hydrogen-bond acceptors (Lipinski definition) is 0. The summed E-state index contributed by atoms with van der Waals surface area (Å²) in [4.78, 5) is 0. The van der Waals surface area contributed by atoms with Crippen molar-refractivity contribution in [3.05, 3.63) is 175 Å². The van der Waals surface area contributed by atoms with Gasteiger partial charge in [-0.25, -0.2) is 0 Å². The third-order valence-corrected chi connectivity index (χ3v) is 9.77. The summed E-state index contributed by atoms with van der Waals surface area (Å²) in [6.45, 7) is 0. The average Bonchev–Trinajstić information content (AvgIpc) is 3.47. The van der Waals surface area contributed by atoms with E-state index in [4.69, 9.17) is 0 Å². The van der Waals surface area contributed by atoms with Crippen LogP contribution in [0.15, 0.2) is 164 Å². The molecule has 0 aliphatic heterocycles. The maximum Gasteiger partial charge on any atom is 0.0573 e. The Balaban J connectivity index is 1.17. The number of aryl methyl sites for hydroxylation is 2. The molecule has 1 heteroatoms. The first-order valence-electron chi connectivity index (χ1n) is 16.3. The molecular weight excluding hydrogens is 555 g/mol. The van der Waals surface area contributed by atoms with E-state index in [-0.39, 0.29) is 0 Å². The zero-order valence-electron chi connectivity index (χ0n) is 25.7. The van der Waals surface area contributed by atoms with E-state index in [2.05, 4.69) is 168 Å². The van der Waals surface area contributed by atoms with Crippen LogP contribution in [0.25, 0.3) is 70.9 Å². The van der Waals surface area contributed by atoms with Crippen molar-refractivity contribution in [1.82, 2.24) is 4.57 Å². The quantitative estimate of drug-likeness (QED) is 0.171. The van der Waals surface area contributed by atoms with Crippen molar-refractivity contribution in [2.45, 2.75) is 19.3 Å². The number of para-hydroxylation sites is 3. The average molecular weight is 588 g/mol. The summed E-state index contributed by atoms with van der Waals surface area (Å²) >= 11 is 0. The number of benzene rings is 8. The summed E-state index contributed by atoms with van der Waals surface area (Å²) in [5, 5.41) is 10.6. The van der Waals surface area contributed by atoms with Gasteiger partial charge in [-0.15, -0.1) is 0 Å². The Bertz CT molecular complexity index is 2490. The van der Waals surface area contributed by atoms with Crippen LogP contribution in [-0.2, 0) is 12.8 Å². The third-order valence-electron chi connectivity index (χ3n) is 9.77. The van der Waals surface area contributed by atoms with Gasteiger partial charge in [0.2, 0.25) is 0 Å². The van der Waals surface area contributed by atoms with Gasteiger partial charge in [0.05, 0.1) is 11.0 Å². The van der Waals surface area contributed by atoms with Gasteiger partial charge in [-0.2, -0.15) is 0 Å². The Morgan fingerprint density at radius 3 is 1.72 bits per heavy atom. The molecule has 0 amide bonds. The van der Waals surface area contributed by atoms with Crippen LogP contribution in [0.5, 0.6) is 0 Å². The summed E-state index contributed by atoms with van der Waals surface area (Å²) in [6.07, 6.45) is 3.09. The highest BCUT2D eigenvalue weighted by Crippen LogP contribution is 2.42. The fourth-order valence-corrected chi connectivity index (χ4v) is 7.81. The molecule has 0 unspecified atom stereocenters. The van der Waals surface area contributed by atoms with Crippen LogP contribution in [0.4, 0.5) is 0 Å². The fourth-order valence-electron chi connectivity index (χ4n) is 7.81. The summed E-state index contributed by atoms with van der Waals surface area (Å²) < 4.78 is 2.46. The second-order valence-electron chi connectivity index (χ2n) is 12.3. The lowest BCUT2D eigenvalue weighted by atomic mass is 9.85. The van der Waals surface area contributed by atoms with Gasteiger partial charge in [0.25, 0.3) is 0 Å². The van der Waals surface area contributed by atoms with Crippen molar-refractivity contribution in [2.24, 2.45) is 0 Å². The molecule has 46 heavy (non-hydrogen) atoms. The summed E-state index contributed by atoms with van der Waals surface area (Å²) in [5.74, 6) is 0. The minimum Gasteiger partial charge on any atom is -0.309 e. The van der Waals surface area contributed by atoms with Gasteiger partial charge in [0.1, 0.15) is 0 Å². The first kappa shape index (κ1) is 26.7. The van der Waals surface area contributed by atoms with Crippen molar-refractivity contribution >= 4 is 54.1 Å². The molecule has 0 atom stereocenters. The van der Waals surface area contributed by atoms with Crippen molar-refractivity contribution < 1.29 is 0 Å². The largest absolute Gasteiger partial charge is 0.309 e. The minimum absolute atomic E-state index is 1.01. The van der Waals surface area contributed by atoms with Crippen LogP contribution in [0.2, 0.25) is 0 Å². The van der Waals surface area contributed by atoms with Crippen molar-refractivity contribution in [3.8, 4) is 16.8 Å². The van der Waals surface area contributed by atoms with Crippen molar-refractivity contribution in [3.63, 3.8) is 0 Å². The van der Waals surface area contributed by atoms with E-state index < -0.39 is 0 Å². The van der Waals surface area contributed by atoms with E-state index >= 15 is 0 Å². The number of hydrogen-bond donors (Lipinski definition) is 0. The molecule has 0 fully saturated rings. The van der Waals surface area contributed by atoms with Gasteiger partial charge in [0.15, 0.2) is 0 Å². The van der Waals surface area contributed by atoms with Crippen molar-refractivity contribution in [2.75, 3.05) is 0 Å². The summed E-state index contributed by atoms with van der Waals surface area (Å²) in [6, 6.07) is 60.1. The molecule has 1 nitrogen and oxygen atoms in total. The molecule has 0 radical (unpaired) electrons. The Labute approximate surface area is 269 Å². The highest BCUT2D eigenvalue weighted by atomic mass is 15.0. The summed E-state index contributed by atoms with van der Waals surface area (Å²) in [7, 11) is 0. The van der Waals surface area contributed by atoms with Crippen LogP contribution in [-0.4, -0.2) is 4.57 Å². The zero-order valence-corrected chi connectivity index (χ0v) is 25.7. The molecule has 0 saturated carbocycles. The lowest BCUT2D eigenvalue weighted by Crippen LogP contribution is -1.99. The predicted octanol–water partition coefficient (Wildman–Crippen LogP) is 12.1. The topological polar surface area (TPSA) is 4.93 Å². The second kappa shape index (κ2) is 11.1. The lowest BCUT2D eigenvalue weighted by Gasteiger charge is -2.18. The molecule has 0 bridgehead atoms. The molecule has 1 aromatic heterocycles. The van der Waals surface area contributed by atoms with E-state index in [1.807, 2.05) is 0 Å². The van der Waals surface area contributed by atoms with E-state index in [1.54, 1.807) is 0 Å². The predicted molar refractivity (Wildman–Crippen MR) is 197 cm³/mol. The normalized spacial score (nSPS) is 11.7.